The van der Waals surface area contributed by atoms with Gasteiger partial charge in [-0.3, -0.25) is 0 Å². The molecule has 0 amide bonds. The first-order valence-electron chi connectivity index (χ1n) is 2.56. The normalized spacial score (nSPS) is 8.86. The van der Waals surface area contributed by atoms with E-state index in [1.807, 2.05) is 0 Å². The molecule has 0 bridgehead atoms. The second-order valence-electron chi connectivity index (χ2n) is 1.29. The zero-order valence-electron chi connectivity index (χ0n) is 7.28. The fourth-order valence-corrected chi connectivity index (χ4v) is 0.333. The van der Waals surface area contributed by atoms with E-state index in [9.17, 15) is 0 Å². The molecule has 0 unspecified atom stereocenters. The van der Waals surface area contributed by atoms with Crippen LogP contribution in [0.2, 0.25) is 0 Å². The van der Waals surface area contributed by atoms with Crippen molar-refractivity contribution in [3.63, 3.8) is 0 Å². The van der Waals surface area contributed by atoms with Crippen molar-refractivity contribution in [2.45, 2.75) is 26.7 Å². The second kappa shape index (κ2) is 9.71. The van der Waals surface area contributed by atoms with E-state index >= 15 is 0 Å². The topological polar surface area (TPSA) is 0 Å². The summed E-state index contributed by atoms with van der Waals surface area (Å²) in [5, 5.41) is 0. The van der Waals surface area contributed by atoms with E-state index in [2.05, 4.69) is 26.0 Å². The van der Waals surface area contributed by atoms with Gasteiger partial charge in [0, 0.05) is 0 Å². The molecule has 0 aliphatic carbocycles. The van der Waals surface area contributed by atoms with E-state index in [-0.39, 0.29) is 25.9 Å². The van der Waals surface area contributed by atoms with Crippen LogP contribution in [0.25, 0.3) is 0 Å². The molecule has 0 nitrogen and oxygen atoms in total. The van der Waals surface area contributed by atoms with Crippen LogP contribution in [0.4, 0.5) is 0 Å². The van der Waals surface area contributed by atoms with E-state index in [1.165, 1.54) is 12.8 Å². The van der Waals surface area contributed by atoms with Gasteiger partial charge < -0.3 is 2.85 Å². The maximum Gasteiger partial charge on any atom is 2.00 e. The molecule has 0 aliphatic rings. The fourth-order valence-electron chi connectivity index (χ4n) is 0.333. The fraction of sp³-hybridized carbons (Fsp3) is 0.667. The SMILES string of the molecule is CCC=CCC.[H-].[H-].[Mg+2]. The Labute approximate surface area is 65.1 Å². The van der Waals surface area contributed by atoms with Crippen LogP contribution in [0, 0.1) is 0 Å². The first-order valence-corrected chi connectivity index (χ1v) is 2.56. The summed E-state index contributed by atoms with van der Waals surface area (Å²) in [5.74, 6) is 0. The molecule has 0 aliphatic heterocycles. The third-order valence-corrected chi connectivity index (χ3v) is 0.638. The summed E-state index contributed by atoms with van der Waals surface area (Å²) in [5.41, 5.74) is 0. The molecule has 7 heavy (non-hydrogen) atoms. The number of hydrogen-bond donors (Lipinski definition) is 0. The van der Waals surface area contributed by atoms with Crippen molar-refractivity contribution < 1.29 is 2.85 Å². The van der Waals surface area contributed by atoms with Gasteiger partial charge in [-0.2, -0.15) is 0 Å². The van der Waals surface area contributed by atoms with Gasteiger partial charge in [0.2, 0.25) is 0 Å². The van der Waals surface area contributed by atoms with Gasteiger partial charge in [0.15, 0.2) is 0 Å². The van der Waals surface area contributed by atoms with E-state index in [0.717, 1.165) is 0 Å². The zero-order valence-corrected chi connectivity index (χ0v) is 6.69. The molecule has 0 fully saturated rings. The molecule has 40 valence electrons. The van der Waals surface area contributed by atoms with Gasteiger partial charge in [-0.25, -0.2) is 0 Å². The minimum atomic E-state index is 0. The Morgan fingerprint density at radius 3 is 1.57 bits per heavy atom. The van der Waals surface area contributed by atoms with Gasteiger partial charge >= 0.3 is 23.1 Å². The van der Waals surface area contributed by atoms with Crippen LogP contribution in [0.3, 0.4) is 0 Å². The first-order chi connectivity index (χ1) is 2.91. The quantitative estimate of drug-likeness (QED) is 0.378. The molecule has 0 N–H and O–H groups in total. The Morgan fingerprint density at radius 1 is 1.14 bits per heavy atom. The predicted octanol–water partition coefficient (Wildman–Crippen LogP) is 2.21. The molecule has 0 spiro atoms. The van der Waals surface area contributed by atoms with Gasteiger partial charge in [-0.15, -0.1) is 0 Å². The van der Waals surface area contributed by atoms with E-state index in [4.69, 9.17) is 0 Å². The van der Waals surface area contributed by atoms with Gasteiger partial charge in [0.25, 0.3) is 0 Å². The monoisotopic (exact) mass is 110 g/mol. The number of hydrogen-bond acceptors (Lipinski definition) is 0. The Morgan fingerprint density at radius 2 is 1.43 bits per heavy atom. The van der Waals surface area contributed by atoms with Crippen molar-refractivity contribution in [1.82, 2.24) is 0 Å². The van der Waals surface area contributed by atoms with Crippen LogP contribution in [-0.4, -0.2) is 23.1 Å². The molecule has 0 radical (unpaired) electrons. The van der Waals surface area contributed by atoms with Gasteiger partial charge in [0.05, 0.1) is 0 Å². The molecule has 1 heteroatoms. The second-order valence-corrected chi connectivity index (χ2v) is 1.29. The minimum Gasteiger partial charge on any atom is -1.00 e. The van der Waals surface area contributed by atoms with Gasteiger partial charge in [-0.1, -0.05) is 26.0 Å². The maximum atomic E-state index is 2.18. The summed E-state index contributed by atoms with van der Waals surface area (Å²) >= 11 is 0. The van der Waals surface area contributed by atoms with Crippen molar-refractivity contribution in [1.29, 1.82) is 0 Å². The summed E-state index contributed by atoms with van der Waals surface area (Å²) in [7, 11) is 0. The summed E-state index contributed by atoms with van der Waals surface area (Å²) in [6, 6.07) is 0. The molecule has 0 aromatic rings. The molecular formula is C6H14Mg. The smallest absolute Gasteiger partial charge is 1.00 e. The third-order valence-electron chi connectivity index (χ3n) is 0.638. The molecule has 0 rings (SSSR count). The van der Waals surface area contributed by atoms with Gasteiger partial charge in [0.1, 0.15) is 0 Å². The first kappa shape index (κ1) is 10.5. The van der Waals surface area contributed by atoms with Crippen molar-refractivity contribution in [2.75, 3.05) is 0 Å². The molecule has 0 aromatic carbocycles. The van der Waals surface area contributed by atoms with Crippen molar-refractivity contribution in [3.05, 3.63) is 12.2 Å². The molecule has 0 heterocycles. The van der Waals surface area contributed by atoms with Crippen molar-refractivity contribution in [2.24, 2.45) is 0 Å². The molecular weight excluding hydrogens is 96.4 g/mol. The standard InChI is InChI=1S/C6H12.Mg.2H/c1-3-5-6-4-2;;;/h5-6H,3-4H2,1-2H3;;;/q;+2;2*-1. The zero-order chi connectivity index (χ0) is 4.83. The molecule has 0 atom stereocenters. The predicted molar refractivity (Wildman–Crippen MR) is 37.7 cm³/mol. The van der Waals surface area contributed by atoms with Crippen LogP contribution in [-0.2, 0) is 0 Å². The average molecular weight is 110 g/mol. The van der Waals surface area contributed by atoms with Crippen LogP contribution in [0.15, 0.2) is 12.2 Å². The minimum absolute atomic E-state index is 0. The van der Waals surface area contributed by atoms with E-state index in [1.54, 1.807) is 0 Å². The molecule has 0 aromatic heterocycles. The number of rotatable bonds is 2. The Balaban J connectivity index is -0.0000000417. The van der Waals surface area contributed by atoms with Crippen LogP contribution in [0.1, 0.15) is 29.5 Å². The van der Waals surface area contributed by atoms with Gasteiger partial charge in [-0.05, 0) is 12.8 Å². The summed E-state index contributed by atoms with van der Waals surface area (Å²) in [4.78, 5) is 0. The maximum absolute atomic E-state index is 2.18. The molecule has 0 saturated heterocycles. The Kier molecular flexibility index (Phi) is 14.5. The van der Waals surface area contributed by atoms with Crippen LogP contribution in [0.5, 0.6) is 0 Å². The van der Waals surface area contributed by atoms with Crippen molar-refractivity contribution >= 4 is 23.1 Å². The average Bonchev–Trinajstić information content (AvgIpc) is 1.61. The largest absolute Gasteiger partial charge is 2.00 e. The summed E-state index contributed by atoms with van der Waals surface area (Å²) in [6.45, 7) is 4.29. The van der Waals surface area contributed by atoms with E-state index in [0.29, 0.717) is 0 Å². The van der Waals surface area contributed by atoms with Crippen LogP contribution < -0.4 is 0 Å². The Hall–Kier alpha value is 0.506. The summed E-state index contributed by atoms with van der Waals surface area (Å²) in [6.07, 6.45) is 6.71. The number of allylic oxidation sites excluding steroid dienone is 2. The molecule has 0 saturated carbocycles. The van der Waals surface area contributed by atoms with Crippen molar-refractivity contribution in [3.8, 4) is 0 Å². The Bertz CT molecular complexity index is 40.3. The van der Waals surface area contributed by atoms with Crippen LogP contribution >= 0.6 is 0 Å². The summed E-state index contributed by atoms with van der Waals surface area (Å²) < 4.78 is 0. The van der Waals surface area contributed by atoms with E-state index < -0.39 is 0 Å². The third kappa shape index (κ3) is 10.7.